The summed E-state index contributed by atoms with van der Waals surface area (Å²) in [6.07, 6.45) is 0. The van der Waals surface area contributed by atoms with Crippen LogP contribution in [0.4, 0.5) is 0 Å². The van der Waals surface area contributed by atoms with Gasteiger partial charge in [0.1, 0.15) is 0 Å². The van der Waals surface area contributed by atoms with E-state index in [0.29, 0.717) is 0 Å². The third-order valence-corrected chi connectivity index (χ3v) is 5.35. The number of carbonyl (C=O) groups is 1. The van der Waals surface area contributed by atoms with Gasteiger partial charge in [-0.15, -0.1) is 0 Å². The largest absolute Gasteiger partial charge is 0.329 e. The van der Waals surface area contributed by atoms with E-state index in [1.54, 1.807) is 0 Å². The fraction of sp³-hybridized carbons (Fsp3) is 0.304. The van der Waals surface area contributed by atoms with Crippen molar-refractivity contribution in [2.24, 2.45) is 0 Å². The first-order valence-corrected chi connectivity index (χ1v) is 9.45. The Morgan fingerprint density at radius 3 is 2.59 bits per heavy atom. The van der Waals surface area contributed by atoms with E-state index in [4.69, 9.17) is 0 Å². The van der Waals surface area contributed by atoms with Crippen molar-refractivity contribution in [1.29, 1.82) is 0 Å². The lowest BCUT2D eigenvalue weighted by molar-refractivity contribution is 0.0500. The first-order chi connectivity index (χ1) is 13.0. The van der Waals surface area contributed by atoms with Crippen LogP contribution in [0.1, 0.15) is 33.2 Å². The predicted octanol–water partition coefficient (Wildman–Crippen LogP) is 3.98. The average Bonchev–Trinajstić information content (AvgIpc) is 2.68. The fourth-order valence-electron chi connectivity index (χ4n) is 3.93. The van der Waals surface area contributed by atoms with Crippen LogP contribution in [0.3, 0.4) is 0 Å². The quantitative estimate of drug-likeness (QED) is 0.694. The molecular formula is C23H25N3O. The van der Waals surface area contributed by atoms with Crippen LogP contribution < -0.4 is 0 Å². The summed E-state index contributed by atoms with van der Waals surface area (Å²) in [7, 11) is 2.12. The van der Waals surface area contributed by atoms with Crippen LogP contribution in [0.5, 0.6) is 0 Å². The Morgan fingerprint density at radius 1 is 1.04 bits per heavy atom. The summed E-state index contributed by atoms with van der Waals surface area (Å²) >= 11 is 0. The van der Waals surface area contributed by atoms with E-state index in [1.807, 2.05) is 48.2 Å². The molecule has 2 heterocycles. The number of amides is 1. The molecule has 1 aromatic heterocycles. The lowest BCUT2D eigenvalue weighted by Crippen LogP contribution is -2.49. The third kappa shape index (κ3) is 3.45. The van der Waals surface area contributed by atoms with E-state index in [0.717, 1.165) is 47.4 Å². The zero-order chi connectivity index (χ0) is 19.0. The van der Waals surface area contributed by atoms with Crippen LogP contribution in [0, 0.1) is 13.8 Å². The third-order valence-electron chi connectivity index (χ3n) is 5.35. The zero-order valence-electron chi connectivity index (χ0n) is 16.1. The molecule has 1 fully saturated rings. The fourth-order valence-corrected chi connectivity index (χ4v) is 3.93. The first kappa shape index (κ1) is 17.7. The lowest BCUT2D eigenvalue weighted by atomic mass is 9.99. The number of pyridine rings is 1. The summed E-state index contributed by atoms with van der Waals surface area (Å²) < 4.78 is 0. The highest BCUT2D eigenvalue weighted by Crippen LogP contribution is 2.29. The van der Waals surface area contributed by atoms with E-state index in [9.17, 15) is 4.79 Å². The summed E-state index contributed by atoms with van der Waals surface area (Å²) in [6.45, 7) is 6.46. The van der Waals surface area contributed by atoms with E-state index in [-0.39, 0.29) is 11.9 Å². The SMILES string of the molecule is Cc1ccc2nc(C)cc(C(=O)N3CCN(C)C[C@H]3c3ccccc3)c2c1. The van der Waals surface area contributed by atoms with Gasteiger partial charge in [0.05, 0.1) is 17.1 Å². The molecule has 0 N–H and O–H groups in total. The summed E-state index contributed by atoms with van der Waals surface area (Å²) in [5, 5.41) is 0.941. The van der Waals surface area contributed by atoms with E-state index in [2.05, 4.69) is 42.1 Å². The second-order valence-electron chi connectivity index (χ2n) is 7.52. The topological polar surface area (TPSA) is 36.4 Å². The van der Waals surface area contributed by atoms with E-state index >= 15 is 0 Å². The molecule has 4 heteroatoms. The maximum Gasteiger partial charge on any atom is 0.255 e. The Morgan fingerprint density at radius 2 is 1.81 bits per heavy atom. The van der Waals surface area contributed by atoms with Crippen molar-refractivity contribution in [2.45, 2.75) is 19.9 Å². The molecular weight excluding hydrogens is 334 g/mol. The second kappa shape index (κ2) is 7.12. The number of aryl methyl sites for hydroxylation is 2. The molecule has 1 aliphatic heterocycles. The molecule has 0 saturated carbocycles. The molecule has 0 unspecified atom stereocenters. The van der Waals surface area contributed by atoms with Gasteiger partial charge in [0.15, 0.2) is 0 Å². The molecule has 1 saturated heterocycles. The van der Waals surface area contributed by atoms with Crippen molar-refractivity contribution >= 4 is 16.8 Å². The molecule has 0 bridgehead atoms. The number of piperazine rings is 1. The number of benzene rings is 2. The number of fused-ring (bicyclic) bond motifs is 1. The number of nitrogens with zero attached hydrogens (tertiary/aromatic N) is 3. The van der Waals surface area contributed by atoms with Gasteiger partial charge < -0.3 is 9.80 Å². The number of hydrogen-bond donors (Lipinski definition) is 0. The average molecular weight is 359 g/mol. The maximum absolute atomic E-state index is 13.6. The molecule has 1 atom stereocenters. The zero-order valence-corrected chi connectivity index (χ0v) is 16.1. The molecule has 1 amide bonds. The molecule has 4 rings (SSSR count). The van der Waals surface area contributed by atoms with Gasteiger partial charge >= 0.3 is 0 Å². The minimum absolute atomic E-state index is 0.0609. The Balaban J connectivity index is 1.79. The maximum atomic E-state index is 13.6. The van der Waals surface area contributed by atoms with Crippen LogP contribution >= 0.6 is 0 Å². The standard InChI is InChI=1S/C23H25N3O/c1-16-9-10-21-19(13-16)20(14-17(2)24-21)23(27)26-12-11-25(3)15-22(26)18-7-5-4-6-8-18/h4-10,13-14,22H,11-12,15H2,1-3H3/t22-/m0/s1. The highest BCUT2D eigenvalue weighted by atomic mass is 16.2. The van der Waals surface area contributed by atoms with Crippen LogP contribution in [0.25, 0.3) is 10.9 Å². The number of rotatable bonds is 2. The molecule has 1 aliphatic rings. The van der Waals surface area contributed by atoms with Crippen molar-refractivity contribution < 1.29 is 4.79 Å². The molecule has 2 aromatic carbocycles. The minimum Gasteiger partial charge on any atom is -0.329 e. The Kier molecular flexibility index (Phi) is 4.66. The van der Waals surface area contributed by atoms with Gasteiger partial charge in [-0.1, -0.05) is 42.0 Å². The minimum atomic E-state index is 0.0609. The molecule has 0 spiro atoms. The van der Waals surface area contributed by atoms with Crippen LogP contribution in [-0.4, -0.2) is 47.4 Å². The second-order valence-corrected chi connectivity index (χ2v) is 7.52. The van der Waals surface area contributed by atoms with Gasteiger partial charge in [0.2, 0.25) is 0 Å². The molecule has 27 heavy (non-hydrogen) atoms. The molecule has 4 nitrogen and oxygen atoms in total. The van der Waals surface area contributed by atoms with E-state index in [1.165, 1.54) is 5.56 Å². The van der Waals surface area contributed by atoms with Crippen LogP contribution in [-0.2, 0) is 0 Å². The monoisotopic (exact) mass is 359 g/mol. The van der Waals surface area contributed by atoms with Gasteiger partial charge in [0.25, 0.3) is 5.91 Å². The predicted molar refractivity (Wildman–Crippen MR) is 109 cm³/mol. The molecule has 138 valence electrons. The summed E-state index contributed by atoms with van der Waals surface area (Å²) in [4.78, 5) is 22.6. The number of likely N-dealkylation sites (N-methyl/N-ethyl adjacent to an activating group) is 1. The normalized spacial score (nSPS) is 18.0. The van der Waals surface area contributed by atoms with Crippen molar-refractivity contribution in [3.63, 3.8) is 0 Å². The summed E-state index contributed by atoms with van der Waals surface area (Å²) in [5.74, 6) is 0.0954. The lowest BCUT2D eigenvalue weighted by Gasteiger charge is -2.40. The van der Waals surface area contributed by atoms with Crippen LogP contribution in [0.2, 0.25) is 0 Å². The first-order valence-electron chi connectivity index (χ1n) is 9.45. The van der Waals surface area contributed by atoms with Gasteiger partial charge in [-0.05, 0) is 44.7 Å². The Labute approximate surface area is 160 Å². The Hall–Kier alpha value is -2.72. The molecule has 0 radical (unpaired) electrons. The van der Waals surface area contributed by atoms with Crippen molar-refractivity contribution in [3.8, 4) is 0 Å². The summed E-state index contributed by atoms with van der Waals surface area (Å²) in [5.41, 5.74) is 4.84. The Bertz CT molecular complexity index is 984. The molecule has 0 aliphatic carbocycles. The van der Waals surface area contributed by atoms with Crippen molar-refractivity contribution in [1.82, 2.24) is 14.8 Å². The smallest absolute Gasteiger partial charge is 0.255 e. The number of aromatic nitrogens is 1. The highest BCUT2D eigenvalue weighted by Gasteiger charge is 2.31. The van der Waals surface area contributed by atoms with Crippen molar-refractivity contribution in [3.05, 3.63) is 77.0 Å². The van der Waals surface area contributed by atoms with Crippen LogP contribution in [0.15, 0.2) is 54.6 Å². The highest BCUT2D eigenvalue weighted by molar-refractivity contribution is 6.06. The summed E-state index contributed by atoms with van der Waals surface area (Å²) in [6, 6.07) is 18.5. The van der Waals surface area contributed by atoms with Crippen molar-refractivity contribution in [2.75, 3.05) is 26.7 Å². The van der Waals surface area contributed by atoms with Gasteiger partial charge in [0, 0.05) is 30.7 Å². The van der Waals surface area contributed by atoms with Gasteiger partial charge in [-0.3, -0.25) is 9.78 Å². The van der Waals surface area contributed by atoms with E-state index < -0.39 is 0 Å². The van der Waals surface area contributed by atoms with Gasteiger partial charge in [-0.2, -0.15) is 0 Å². The number of hydrogen-bond acceptors (Lipinski definition) is 3. The number of carbonyl (C=O) groups excluding carboxylic acids is 1. The van der Waals surface area contributed by atoms with Gasteiger partial charge in [-0.25, -0.2) is 0 Å². The molecule has 3 aromatic rings.